The molecule has 0 saturated carbocycles. The van der Waals surface area contributed by atoms with Gasteiger partial charge in [0.25, 0.3) is 0 Å². The fraction of sp³-hybridized carbons (Fsp3) is 0.150. The molecule has 0 aliphatic heterocycles. The number of aromatic nitrogens is 2. The number of anilines is 5. The van der Waals surface area contributed by atoms with Gasteiger partial charge in [-0.1, -0.05) is 60.1 Å². The van der Waals surface area contributed by atoms with Gasteiger partial charge in [-0.25, -0.2) is 9.97 Å². The molecule has 7 N–H and O–H groups in total. The molecule has 11 heteroatoms. The van der Waals surface area contributed by atoms with Gasteiger partial charge in [0.15, 0.2) is 0 Å². The summed E-state index contributed by atoms with van der Waals surface area (Å²) in [5.74, 6) is 5.43. The summed E-state index contributed by atoms with van der Waals surface area (Å²) in [4.78, 5) is 8.68. The van der Waals surface area contributed by atoms with Gasteiger partial charge in [-0.15, -0.1) is 0 Å². The maximum absolute atomic E-state index is 8.83. The molecule has 51 heavy (non-hydrogen) atoms. The van der Waals surface area contributed by atoms with Gasteiger partial charge in [-0.2, -0.15) is 0 Å². The van der Waals surface area contributed by atoms with Crippen molar-refractivity contribution in [2.45, 2.75) is 12.8 Å². The Morgan fingerprint density at radius 1 is 0.510 bits per heavy atom. The molecule has 4 aromatic carbocycles. The van der Waals surface area contributed by atoms with Crippen molar-refractivity contribution in [1.82, 2.24) is 9.97 Å². The van der Waals surface area contributed by atoms with E-state index in [9.17, 15) is 0 Å². The van der Waals surface area contributed by atoms with Crippen LogP contribution in [-0.4, -0.2) is 46.5 Å². The molecule has 0 spiro atoms. The molecule has 0 fully saturated rings. The average Bonchev–Trinajstić information content (AvgIpc) is 3.15. The highest BCUT2D eigenvalue weighted by Gasteiger charge is 2.02. The molecule has 0 unspecified atom stereocenters. The Kier molecular flexibility index (Phi) is 16.6. The van der Waals surface area contributed by atoms with E-state index < -0.39 is 0 Å². The van der Waals surface area contributed by atoms with Gasteiger partial charge >= 0.3 is 0 Å². The highest BCUT2D eigenvalue weighted by molar-refractivity contribution is 6.29. The lowest BCUT2D eigenvalue weighted by Gasteiger charge is -2.10. The molecule has 0 aliphatic rings. The smallest absolute Gasteiger partial charge is 0.132 e. The Morgan fingerprint density at radius 2 is 0.961 bits per heavy atom. The second kappa shape index (κ2) is 22.1. The number of para-hydroxylation sites is 2. The first-order valence-corrected chi connectivity index (χ1v) is 16.9. The number of halogens is 1. The zero-order chi connectivity index (χ0) is 35.9. The predicted molar refractivity (Wildman–Crippen MR) is 207 cm³/mol. The molecule has 264 valence electrons. The van der Waals surface area contributed by atoms with E-state index in [0.717, 1.165) is 52.4 Å². The molecule has 0 saturated heterocycles. The van der Waals surface area contributed by atoms with Crippen LogP contribution in [0.25, 0.3) is 0 Å². The summed E-state index contributed by atoms with van der Waals surface area (Å²) in [6.07, 6.45) is 1.42. The number of nitrogens with one attached hydrogen (secondary N) is 3. The summed E-state index contributed by atoms with van der Waals surface area (Å²) < 4.78 is 11.5. The molecule has 0 radical (unpaired) electrons. The van der Waals surface area contributed by atoms with E-state index in [4.69, 9.17) is 37.0 Å². The standard InChI is InChI=1S/C20H21N3O2.C17H13ClN2O.C3H9NO/c24-15-5-14-21-19-8-4-9-20(23-19)22-16-10-12-18(13-11-16)25-17-6-2-1-3-7-17;18-16-7-4-8-17(20-16)19-13-9-11-15(12-10-13)21-14-5-2-1-3-6-14;4-2-1-3-5/h1-4,6-13,24H,5,14-15H2,(H2,21,22,23);1-12H,(H,19,20);5H,1-4H2. The number of nitrogens with two attached hydrogens (primary N) is 1. The van der Waals surface area contributed by atoms with Crippen LogP contribution in [0.4, 0.5) is 28.8 Å². The van der Waals surface area contributed by atoms with E-state index in [1.807, 2.05) is 140 Å². The van der Waals surface area contributed by atoms with Crippen molar-refractivity contribution in [3.63, 3.8) is 0 Å². The quantitative estimate of drug-likeness (QED) is 0.0479. The van der Waals surface area contributed by atoms with Crippen molar-refractivity contribution < 1.29 is 19.7 Å². The second-order valence-corrected chi connectivity index (χ2v) is 11.1. The first-order chi connectivity index (χ1) is 25.0. The Balaban J connectivity index is 0.000000204. The van der Waals surface area contributed by atoms with E-state index in [0.29, 0.717) is 30.5 Å². The minimum Gasteiger partial charge on any atom is -0.457 e. The molecule has 0 aliphatic carbocycles. The Bertz CT molecular complexity index is 1810. The summed E-state index contributed by atoms with van der Waals surface area (Å²) in [5.41, 5.74) is 6.83. The van der Waals surface area contributed by atoms with Crippen LogP contribution in [-0.2, 0) is 0 Å². The van der Waals surface area contributed by atoms with Crippen LogP contribution >= 0.6 is 11.6 Å². The van der Waals surface area contributed by atoms with Crippen LogP contribution in [0, 0.1) is 0 Å². The maximum Gasteiger partial charge on any atom is 0.132 e. The third-order valence-corrected chi connectivity index (χ3v) is 6.89. The van der Waals surface area contributed by atoms with E-state index in [1.54, 1.807) is 6.07 Å². The SMILES string of the molecule is Clc1cccc(Nc2ccc(Oc3ccccc3)cc2)n1.NCCCO.OCCCNc1cccc(Nc2ccc(Oc3ccccc3)cc2)n1. The predicted octanol–water partition coefficient (Wildman–Crippen LogP) is 9.01. The molecule has 0 bridgehead atoms. The lowest BCUT2D eigenvalue weighted by atomic mass is 10.3. The molecular formula is C40H43ClN6O4. The molecule has 0 atom stereocenters. The Labute approximate surface area is 303 Å². The van der Waals surface area contributed by atoms with Crippen LogP contribution < -0.4 is 31.2 Å². The number of pyridine rings is 2. The number of ether oxygens (including phenoxy) is 2. The topological polar surface area (TPSA) is 147 Å². The van der Waals surface area contributed by atoms with Crippen molar-refractivity contribution in [1.29, 1.82) is 0 Å². The van der Waals surface area contributed by atoms with Gasteiger partial charge < -0.3 is 41.4 Å². The zero-order valence-corrected chi connectivity index (χ0v) is 28.9. The number of nitrogens with zero attached hydrogens (tertiary/aromatic N) is 2. The number of rotatable bonds is 14. The first kappa shape index (κ1) is 38.2. The van der Waals surface area contributed by atoms with Crippen molar-refractivity contribution in [2.24, 2.45) is 5.73 Å². The maximum atomic E-state index is 8.83. The van der Waals surface area contributed by atoms with Crippen LogP contribution in [0.5, 0.6) is 23.0 Å². The molecular weight excluding hydrogens is 664 g/mol. The van der Waals surface area contributed by atoms with Crippen molar-refractivity contribution in [3.05, 3.63) is 151 Å². The van der Waals surface area contributed by atoms with Crippen molar-refractivity contribution in [3.8, 4) is 23.0 Å². The van der Waals surface area contributed by atoms with Crippen molar-refractivity contribution in [2.75, 3.05) is 42.3 Å². The van der Waals surface area contributed by atoms with Gasteiger partial charge in [0, 0.05) is 31.1 Å². The molecule has 0 amide bonds. The van der Waals surface area contributed by atoms with Gasteiger partial charge in [0.2, 0.25) is 0 Å². The summed E-state index contributed by atoms with van der Waals surface area (Å²) in [7, 11) is 0. The zero-order valence-electron chi connectivity index (χ0n) is 28.2. The summed E-state index contributed by atoms with van der Waals surface area (Å²) in [6.45, 7) is 1.67. The fourth-order valence-corrected chi connectivity index (χ4v) is 4.39. The van der Waals surface area contributed by atoms with Crippen LogP contribution in [0.2, 0.25) is 5.15 Å². The first-order valence-electron chi connectivity index (χ1n) is 16.5. The number of benzene rings is 4. The average molecular weight is 707 g/mol. The van der Waals surface area contributed by atoms with Crippen LogP contribution in [0.15, 0.2) is 146 Å². The number of hydrogen-bond donors (Lipinski definition) is 6. The number of hydrogen-bond acceptors (Lipinski definition) is 10. The fourth-order valence-electron chi connectivity index (χ4n) is 4.23. The summed E-state index contributed by atoms with van der Waals surface area (Å²) >= 11 is 5.86. The van der Waals surface area contributed by atoms with E-state index in [2.05, 4.69) is 25.9 Å². The monoisotopic (exact) mass is 706 g/mol. The lowest BCUT2D eigenvalue weighted by Crippen LogP contribution is -2.05. The lowest BCUT2D eigenvalue weighted by molar-refractivity contribution is 0.291. The van der Waals surface area contributed by atoms with E-state index >= 15 is 0 Å². The molecule has 2 aromatic heterocycles. The molecule has 6 aromatic rings. The minimum absolute atomic E-state index is 0.169. The van der Waals surface area contributed by atoms with Crippen molar-refractivity contribution >= 4 is 40.4 Å². The molecule has 10 nitrogen and oxygen atoms in total. The summed E-state index contributed by atoms with van der Waals surface area (Å²) in [5, 5.41) is 26.9. The van der Waals surface area contributed by atoms with Gasteiger partial charge in [-0.05, 0) is 116 Å². The Morgan fingerprint density at radius 3 is 1.41 bits per heavy atom. The third-order valence-electron chi connectivity index (χ3n) is 6.68. The van der Waals surface area contributed by atoms with Gasteiger partial charge in [-0.3, -0.25) is 0 Å². The Hall–Kier alpha value is -5.65. The highest BCUT2D eigenvalue weighted by atomic mass is 35.5. The van der Waals surface area contributed by atoms with E-state index in [-0.39, 0.29) is 13.2 Å². The van der Waals surface area contributed by atoms with Crippen LogP contribution in [0.1, 0.15) is 12.8 Å². The van der Waals surface area contributed by atoms with Gasteiger partial charge in [0.05, 0.1) is 0 Å². The van der Waals surface area contributed by atoms with Gasteiger partial charge in [0.1, 0.15) is 45.6 Å². The number of aliphatic hydroxyl groups excluding tert-OH is 2. The molecule has 6 rings (SSSR count). The molecule has 2 heterocycles. The largest absolute Gasteiger partial charge is 0.457 e. The normalized spacial score (nSPS) is 10.0. The second-order valence-electron chi connectivity index (χ2n) is 10.8. The summed E-state index contributed by atoms with van der Waals surface area (Å²) in [6, 6.07) is 46.0. The van der Waals surface area contributed by atoms with Crippen LogP contribution in [0.3, 0.4) is 0 Å². The highest BCUT2D eigenvalue weighted by Crippen LogP contribution is 2.25. The van der Waals surface area contributed by atoms with E-state index in [1.165, 1.54) is 0 Å². The third kappa shape index (κ3) is 14.8. The minimum atomic E-state index is 0.169. The number of aliphatic hydroxyl groups is 2.